The van der Waals surface area contributed by atoms with E-state index in [1.54, 1.807) is 12.4 Å². The molecule has 0 radical (unpaired) electrons. The number of thiazole rings is 1. The summed E-state index contributed by atoms with van der Waals surface area (Å²) in [6.45, 7) is 1.83. The summed E-state index contributed by atoms with van der Waals surface area (Å²) < 4.78 is 0. The molecule has 0 saturated heterocycles. The van der Waals surface area contributed by atoms with E-state index >= 15 is 0 Å². The minimum Gasteiger partial charge on any atom is -0.320 e. The van der Waals surface area contributed by atoms with Gasteiger partial charge in [-0.15, -0.1) is 11.3 Å². The van der Waals surface area contributed by atoms with Crippen molar-refractivity contribution in [1.29, 1.82) is 0 Å². The van der Waals surface area contributed by atoms with Crippen LogP contribution in [0.2, 0.25) is 0 Å². The van der Waals surface area contributed by atoms with Crippen molar-refractivity contribution in [3.63, 3.8) is 0 Å². The van der Waals surface area contributed by atoms with Crippen LogP contribution in [0.25, 0.3) is 21.6 Å². The van der Waals surface area contributed by atoms with Crippen LogP contribution in [0.4, 0.5) is 5.69 Å². The molecule has 3 heterocycles. The first-order valence-electron chi connectivity index (χ1n) is 7.76. The summed E-state index contributed by atoms with van der Waals surface area (Å²) in [5, 5.41) is 4.62. The maximum atomic E-state index is 12.6. The maximum Gasteiger partial charge on any atom is 0.267 e. The van der Waals surface area contributed by atoms with E-state index in [9.17, 15) is 4.79 Å². The second-order valence-corrected chi connectivity index (χ2v) is 6.52. The molecule has 0 saturated carbocycles. The Morgan fingerprint density at radius 2 is 1.92 bits per heavy atom. The highest BCUT2D eigenvalue weighted by atomic mass is 32.1. The van der Waals surface area contributed by atoms with Crippen molar-refractivity contribution in [1.82, 2.24) is 15.0 Å². The van der Waals surface area contributed by atoms with Crippen LogP contribution in [0.1, 0.15) is 15.4 Å². The Bertz CT molecular complexity index is 1060. The van der Waals surface area contributed by atoms with Crippen molar-refractivity contribution < 1.29 is 4.79 Å². The second-order valence-electron chi connectivity index (χ2n) is 5.52. The minimum atomic E-state index is -0.186. The number of anilines is 1. The third kappa shape index (κ3) is 3.12. The van der Waals surface area contributed by atoms with Crippen LogP contribution in [-0.4, -0.2) is 20.9 Å². The van der Waals surface area contributed by atoms with Gasteiger partial charge in [-0.2, -0.15) is 0 Å². The quantitative estimate of drug-likeness (QED) is 0.600. The molecule has 0 spiro atoms. The standard InChI is InChI=1S/C19H14N4OS/c1-12-17(25-19(22-12)16-8-4-5-9-20-16)18(24)23-14-10-13-6-2-3-7-15(13)21-11-14/h2-11H,1H3,(H,23,24). The summed E-state index contributed by atoms with van der Waals surface area (Å²) in [6.07, 6.45) is 3.38. The van der Waals surface area contributed by atoms with Crippen molar-refractivity contribution >= 4 is 33.8 Å². The van der Waals surface area contributed by atoms with E-state index < -0.39 is 0 Å². The predicted molar refractivity (Wildman–Crippen MR) is 99.8 cm³/mol. The minimum absolute atomic E-state index is 0.186. The molecule has 0 aliphatic heterocycles. The lowest BCUT2D eigenvalue weighted by molar-refractivity contribution is 0.103. The zero-order valence-corrected chi connectivity index (χ0v) is 14.2. The zero-order valence-electron chi connectivity index (χ0n) is 13.4. The first-order chi connectivity index (χ1) is 12.2. The average molecular weight is 346 g/mol. The second kappa shape index (κ2) is 6.41. The normalized spacial score (nSPS) is 10.8. The number of nitrogens with zero attached hydrogens (tertiary/aromatic N) is 3. The fraction of sp³-hybridized carbons (Fsp3) is 0.0526. The Morgan fingerprint density at radius 3 is 2.76 bits per heavy atom. The van der Waals surface area contributed by atoms with Gasteiger partial charge in [-0.3, -0.25) is 14.8 Å². The van der Waals surface area contributed by atoms with Crippen molar-refractivity contribution in [2.45, 2.75) is 6.92 Å². The first-order valence-corrected chi connectivity index (χ1v) is 8.57. The third-order valence-corrected chi connectivity index (χ3v) is 4.91. The molecule has 122 valence electrons. The molecule has 3 aromatic heterocycles. The Labute approximate surface area is 148 Å². The number of carbonyl (C=O) groups excluding carboxylic acids is 1. The lowest BCUT2D eigenvalue weighted by Gasteiger charge is -2.05. The number of hydrogen-bond acceptors (Lipinski definition) is 5. The molecule has 0 unspecified atom stereocenters. The van der Waals surface area contributed by atoms with Gasteiger partial charge in [0.2, 0.25) is 0 Å². The molecule has 0 bridgehead atoms. The maximum absolute atomic E-state index is 12.6. The molecule has 0 aliphatic carbocycles. The van der Waals surface area contributed by atoms with Crippen LogP contribution >= 0.6 is 11.3 Å². The van der Waals surface area contributed by atoms with Gasteiger partial charge in [0.05, 0.1) is 28.8 Å². The predicted octanol–water partition coefficient (Wildman–Crippen LogP) is 4.31. The van der Waals surface area contributed by atoms with Gasteiger partial charge in [0, 0.05) is 11.6 Å². The van der Waals surface area contributed by atoms with E-state index in [1.807, 2.05) is 55.5 Å². The van der Waals surface area contributed by atoms with Gasteiger partial charge in [-0.25, -0.2) is 4.98 Å². The Morgan fingerprint density at radius 1 is 1.08 bits per heavy atom. The number of nitrogens with one attached hydrogen (secondary N) is 1. The molecular weight excluding hydrogens is 332 g/mol. The molecule has 1 amide bonds. The molecule has 0 fully saturated rings. The van der Waals surface area contributed by atoms with Gasteiger partial charge in [0.1, 0.15) is 9.88 Å². The first kappa shape index (κ1) is 15.4. The summed E-state index contributed by atoms with van der Waals surface area (Å²) in [5.74, 6) is -0.186. The fourth-order valence-corrected chi connectivity index (χ4v) is 3.47. The average Bonchev–Trinajstić information content (AvgIpc) is 3.04. The highest BCUT2D eigenvalue weighted by molar-refractivity contribution is 7.17. The van der Waals surface area contributed by atoms with Gasteiger partial charge in [0.15, 0.2) is 0 Å². The molecule has 4 aromatic rings. The van der Waals surface area contributed by atoms with Gasteiger partial charge in [0.25, 0.3) is 5.91 Å². The van der Waals surface area contributed by atoms with Crippen molar-refractivity contribution in [3.05, 3.63) is 71.5 Å². The molecular formula is C19H14N4OS. The van der Waals surface area contributed by atoms with Gasteiger partial charge in [-0.1, -0.05) is 24.3 Å². The largest absolute Gasteiger partial charge is 0.320 e. The summed E-state index contributed by atoms with van der Waals surface area (Å²) in [6, 6.07) is 15.3. The highest BCUT2D eigenvalue weighted by Crippen LogP contribution is 2.27. The van der Waals surface area contributed by atoms with E-state index in [0.29, 0.717) is 16.3 Å². The Balaban J connectivity index is 1.61. The van der Waals surface area contributed by atoms with E-state index in [0.717, 1.165) is 21.6 Å². The third-order valence-electron chi connectivity index (χ3n) is 3.74. The van der Waals surface area contributed by atoms with Crippen molar-refractivity contribution in [2.75, 3.05) is 5.32 Å². The zero-order chi connectivity index (χ0) is 17.2. The van der Waals surface area contributed by atoms with Crippen molar-refractivity contribution in [2.24, 2.45) is 0 Å². The topological polar surface area (TPSA) is 67.8 Å². The van der Waals surface area contributed by atoms with Gasteiger partial charge >= 0.3 is 0 Å². The van der Waals surface area contributed by atoms with Gasteiger partial charge in [-0.05, 0) is 31.2 Å². The van der Waals surface area contributed by atoms with Crippen LogP contribution in [0, 0.1) is 6.92 Å². The number of hydrogen-bond donors (Lipinski definition) is 1. The summed E-state index contributed by atoms with van der Waals surface area (Å²) in [7, 11) is 0. The molecule has 25 heavy (non-hydrogen) atoms. The number of carbonyl (C=O) groups is 1. The number of benzene rings is 1. The Kier molecular flexibility index (Phi) is 3.95. The number of pyridine rings is 2. The van der Waals surface area contributed by atoms with E-state index in [4.69, 9.17) is 0 Å². The molecule has 1 aromatic carbocycles. The Hall–Kier alpha value is -3.12. The van der Waals surface area contributed by atoms with Crippen molar-refractivity contribution in [3.8, 4) is 10.7 Å². The number of aromatic nitrogens is 3. The number of fused-ring (bicyclic) bond motifs is 1. The fourth-order valence-electron chi connectivity index (χ4n) is 2.53. The lowest BCUT2D eigenvalue weighted by Crippen LogP contribution is -2.11. The smallest absolute Gasteiger partial charge is 0.267 e. The summed E-state index contributed by atoms with van der Waals surface area (Å²) in [4.78, 5) is 26.3. The van der Waals surface area contributed by atoms with Crippen LogP contribution < -0.4 is 5.32 Å². The molecule has 0 aliphatic rings. The molecule has 0 atom stereocenters. The van der Waals surface area contributed by atoms with E-state index in [-0.39, 0.29) is 5.91 Å². The molecule has 5 nitrogen and oxygen atoms in total. The van der Waals surface area contributed by atoms with Crippen LogP contribution in [0.15, 0.2) is 60.9 Å². The molecule has 6 heteroatoms. The van der Waals surface area contributed by atoms with E-state index in [2.05, 4.69) is 20.3 Å². The monoisotopic (exact) mass is 346 g/mol. The molecule has 4 rings (SSSR count). The van der Waals surface area contributed by atoms with Crippen LogP contribution in [-0.2, 0) is 0 Å². The number of para-hydroxylation sites is 1. The van der Waals surface area contributed by atoms with Crippen LogP contribution in [0.3, 0.4) is 0 Å². The molecule has 1 N–H and O–H groups in total. The highest BCUT2D eigenvalue weighted by Gasteiger charge is 2.17. The van der Waals surface area contributed by atoms with Gasteiger partial charge < -0.3 is 5.32 Å². The SMILES string of the molecule is Cc1nc(-c2ccccn2)sc1C(=O)Nc1cnc2ccccc2c1. The number of aryl methyl sites for hydroxylation is 1. The van der Waals surface area contributed by atoms with E-state index in [1.165, 1.54) is 11.3 Å². The number of rotatable bonds is 3. The summed E-state index contributed by atoms with van der Waals surface area (Å²) >= 11 is 1.34. The summed E-state index contributed by atoms with van der Waals surface area (Å²) in [5.41, 5.74) is 3.02. The lowest BCUT2D eigenvalue weighted by atomic mass is 10.2. The number of amides is 1. The van der Waals surface area contributed by atoms with Crippen LogP contribution in [0.5, 0.6) is 0 Å².